The average Bonchev–Trinajstić information content (AvgIpc) is 2.30. The number of amides is 2. The molecular weight excluding hydrogens is 228 g/mol. The Bertz CT molecular complexity index is 254. The van der Waals surface area contributed by atoms with Gasteiger partial charge in [0.25, 0.3) is 0 Å². The van der Waals surface area contributed by atoms with Gasteiger partial charge in [0.1, 0.15) is 0 Å². The standard InChI is InChI=1S/C10H18N2O3S/c1-2-11(4-3-9(13)14)10(15)12-5-7-16-8-6-12/h2-8H2,1H3,(H,13,14). The molecule has 0 aromatic rings. The fourth-order valence-corrected chi connectivity index (χ4v) is 2.48. The quantitative estimate of drug-likeness (QED) is 0.802. The first kappa shape index (κ1) is 13.2. The van der Waals surface area contributed by atoms with Crippen molar-refractivity contribution in [3.8, 4) is 0 Å². The summed E-state index contributed by atoms with van der Waals surface area (Å²) in [5, 5.41) is 8.60. The topological polar surface area (TPSA) is 60.9 Å². The molecule has 1 saturated heterocycles. The summed E-state index contributed by atoms with van der Waals surface area (Å²) in [7, 11) is 0. The molecule has 92 valence electrons. The third-order valence-electron chi connectivity index (χ3n) is 2.53. The van der Waals surface area contributed by atoms with Crippen LogP contribution in [0.1, 0.15) is 13.3 Å². The van der Waals surface area contributed by atoms with Crippen LogP contribution < -0.4 is 0 Å². The van der Waals surface area contributed by atoms with Crippen molar-refractivity contribution in [1.29, 1.82) is 0 Å². The van der Waals surface area contributed by atoms with Gasteiger partial charge in [-0.2, -0.15) is 11.8 Å². The van der Waals surface area contributed by atoms with Crippen molar-refractivity contribution in [3.63, 3.8) is 0 Å². The minimum Gasteiger partial charge on any atom is -0.481 e. The van der Waals surface area contributed by atoms with Gasteiger partial charge in [-0.15, -0.1) is 0 Å². The first-order valence-corrected chi connectivity index (χ1v) is 6.64. The first-order chi connectivity index (χ1) is 7.65. The van der Waals surface area contributed by atoms with Gasteiger partial charge in [-0.3, -0.25) is 4.79 Å². The lowest BCUT2D eigenvalue weighted by molar-refractivity contribution is -0.137. The number of aliphatic carboxylic acids is 1. The second kappa shape index (κ2) is 6.62. The summed E-state index contributed by atoms with van der Waals surface area (Å²) < 4.78 is 0. The van der Waals surface area contributed by atoms with E-state index in [1.54, 1.807) is 4.90 Å². The molecule has 0 atom stereocenters. The number of carboxylic acid groups (broad SMARTS) is 1. The Hall–Kier alpha value is -0.910. The molecule has 5 nitrogen and oxygen atoms in total. The number of hydrogen-bond acceptors (Lipinski definition) is 3. The highest BCUT2D eigenvalue weighted by atomic mass is 32.2. The van der Waals surface area contributed by atoms with E-state index in [1.807, 2.05) is 23.6 Å². The minimum absolute atomic E-state index is 0.0160. The van der Waals surface area contributed by atoms with E-state index in [9.17, 15) is 9.59 Å². The fraction of sp³-hybridized carbons (Fsp3) is 0.800. The van der Waals surface area contributed by atoms with Crippen LogP contribution in [0.2, 0.25) is 0 Å². The Balaban J connectivity index is 2.44. The van der Waals surface area contributed by atoms with Crippen molar-refractivity contribution in [1.82, 2.24) is 9.80 Å². The summed E-state index contributed by atoms with van der Waals surface area (Å²) in [6, 6.07) is -0.0240. The molecule has 6 heteroatoms. The lowest BCUT2D eigenvalue weighted by Gasteiger charge is -2.32. The van der Waals surface area contributed by atoms with E-state index >= 15 is 0 Å². The molecule has 1 fully saturated rings. The summed E-state index contributed by atoms with van der Waals surface area (Å²) >= 11 is 1.85. The van der Waals surface area contributed by atoms with Crippen molar-refractivity contribution in [3.05, 3.63) is 0 Å². The van der Waals surface area contributed by atoms with Crippen molar-refractivity contribution in [2.24, 2.45) is 0 Å². The molecule has 1 rings (SSSR count). The van der Waals surface area contributed by atoms with Crippen LogP contribution >= 0.6 is 11.8 Å². The highest BCUT2D eigenvalue weighted by molar-refractivity contribution is 7.99. The Labute approximate surface area is 99.8 Å². The number of thioether (sulfide) groups is 1. The van der Waals surface area contributed by atoms with Gasteiger partial charge in [0.15, 0.2) is 0 Å². The number of hydrogen-bond donors (Lipinski definition) is 1. The molecule has 1 aliphatic rings. The molecule has 0 unspecified atom stereocenters. The van der Waals surface area contributed by atoms with Gasteiger partial charge in [0, 0.05) is 37.7 Å². The normalized spacial score (nSPS) is 15.9. The second-order valence-electron chi connectivity index (χ2n) is 3.61. The third kappa shape index (κ3) is 3.92. The maximum absolute atomic E-state index is 12.0. The van der Waals surface area contributed by atoms with Crippen LogP contribution in [-0.4, -0.2) is 64.6 Å². The van der Waals surface area contributed by atoms with Crippen molar-refractivity contribution in [2.45, 2.75) is 13.3 Å². The highest BCUT2D eigenvalue weighted by Gasteiger charge is 2.21. The molecule has 0 bridgehead atoms. The molecule has 16 heavy (non-hydrogen) atoms. The Kier molecular flexibility index (Phi) is 5.45. The molecule has 0 spiro atoms. The van der Waals surface area contributed by atoms with Crippen LogP contribution in [0.4, 0.5) is 4.79 Å². The summed E-state index contributed by atoms with van der Waals surface area (Å²) in [6.07, 6.45) is 0.0160. The van der Waals surface area contributed by atoms with Gasteiger partial charge in [0.2, 0.25) is 0 Å². The molecule has 1 aliphatic heterocycles. The van der Waals surface area contributed by atoms with Gasteiger partial charge in [-0.05, 0) is 6.92 Å². The van der Waals surface area contributed by atoms with Crippen molar-refractivity contribution < 1.29 is 14.7 Å². The van der Waals surface area contributed by atoms with Gasteiger partial charge in [-0.1, -0.05) is 0 Å². The zero-order valence-corrected chi connectivity index (χ0v) is 10.3. The van der Waals surface area contributed by atoms with Gasteiger partial charge in [-0.25, -0.2) is 4.79 Å². The molecule has 2 amide bonds. The van der Waals surface area contributed by atoms with Crippen molar-refractivity contribution in [2.75, 3.05) is 37.7 Å². The number of nitrogens with zero attached hydrogens (tertiary/aromatic N) is 2. The Morgan fingerprint density at radius 1 is 1.38 bits per heavy atom. The zero-order chi connectivity index (χ0) is 12.0. The van der Waals surface area contributed by atoms with Crippen LogP contribution in [0, 0.1) is 0 Å². The smallest absolute Gasteiger partial charge is 0.320 e. The van der Waals surface area contributed by atoms with E-state index in [2.05, 4.69) is 0 Å². The van der Waals surface area contributed by atoms with E-state index in [4.69, 9.17) is 5.11 Å². The van der Waals surface area contributed by atoms with Crippen LogP contribution in [0.5, 0.6) is 0 Å². The van der Waals surface area contributed by atoms with E-state index in [0.717, 1.165) is 24.6 Å². The number of carbonyl (C=O) groups is 2. The molecule has 1 heterocycles. The number of carbonyl (C=O) groups excluding carboxylic acids is 1. The summed E-state index contributed by atoms with van der Waals surface area (Å²) in [5.74, 6) is 1.09. The number of carboxylic acids is 1. The third-order valence-corrected chi connectivity index (χ3v) is 3.47. The molecule has 0 aliphatic carbocycles. The molecular formula is C10H18N2O3S. The van der Waals surface area contributed by atoms with Crippen molar-refractivity contribution >= 4 is 23.8 Å². The predicted molar refractivity (Wildman–Crippen MR) is 63.8 cm³/mol. The lowest BCUT2D eigenvalue weighted by atomic mass is 10.4. The summed E-state index contributed by atoms with van der Waals surface area (Å²) in [6.45, 7) is 4.28. The lowest BCUT2D eigenvalue weighted by Crippen LogP contribution is -2.47. The Morgan fingerprint density at radius 2 is 2.00 bits per heavy atom. The minimum atomic E-state index is -0.861. The Morgan fingerprint density at radius 3 is 2.50 bits per heavy atom. The van der Waals surface area contributed by atoms with Crippen LogP contribution in [0.15, 0.2) is 0 Å². The van der Waals surface area contributed by atoms with Gasteiger partial charge >= 0.3 is 12.0 Å². The first-order valence-electron chi connectivity index (χ1n) is 5.48. The summed E-state index contributed by atoms with van der Waals surface area (Å²) in [5.41, 5.74) is 0. The maximum Gasteiger partial charge on any atom is 0.320 e. The number of rotatable bonds is 4. The average molecular weight is 246 g/mol. The molecule has 0 aromatic heterocycles. The van der Waals surface area contributed by atoms with E-state index in [-0.39, 0.29) is 12.5 Å². The predicted octanol–water partition coefficient (Wildman–Crippen LogP) is 0.952. The molecule has 0 saturated carbocycles. The SMILES string of the molecule is CCN(CCC(=O)O)C(=O)N1CCSCC1. The molecule has 1 N–H and O–H groups in total. The van der Waals surface area contributed by atoms with E-state index < -0.39 is 5.97 Å². The largest absolute Gasteiger partial charge is 0.481 e. The molecule has 0 radical (unpaired) electrons. The van der Waals surface area contributed by atoms with E-state index in [0.29, 0.717) is 13.1 Å². The number of urea groups is 1. The maximum atomic E-state index is 12.0. The fourth-order valence-electron chi connectivity index (χ4n) is 1.57. The molecule has 0 aromatic carbocycles. The van der Waals surface area contributed by atoms with Crippen LogP contribution in [-0.2, 0) is 4.79 Å². The summed E-state index contributed by atoms with van der Waals surface area (Å²) in [4.78, 5) is 25.9. The van der Waals surface area contributed by atoms with Gasteiger partial charge < -0.3 is 14.9 Å². The highest BCUT2D eigenvalue weighted by Crippen LogP contribution is 2.11. The zero-order valence-electron chi connectivity index (χ0n) is 9.52. The van der Waals surface area contributed by atoms with Gasteiger partial charge in [0.05, 0.1) is 6.42 Å². The van der Waals surface area contributed by atoms with Crippen LogP contribution in [0.3, 0.4) is 0 Å². The monoisotopic (exact) mass is 246 g/mol. The van der Waals surface area contributed by atoms with E-state index in [1.165, 1.54) is 0 Å². The second-order valence-corrected chi connectivity index (χ2v) is 4.83. The van der Waals surface area contributed by atoms with Crippen LogP contribution in [0.25, 0.3) is 0 Å².